The SMILES string of the molecule is [2H]C([2H])([2H])c1c[c-]c(-c2ncc(C([2H])([2H])[2H])c(C(C)(C)C)n2)cc1.[2H]C([2H])([2H])c1cnc(-c2[c-]ccc3c2oc2cc4c(ccc5ccccc54)cc23)cc1C1([2H])CCC2(CCC(C)(C)CC2)CC1.[Ir]. The van der Waals surface area contributed by atoms with E-state index < -0.39 is 31.9 Å². The van der Waals surface area contributed by atoms with Gasteiger partial charge < -0.3 is 9.40 Å². The predicted octanol–water partition coefficient (Wildman–Crippen LogP) is 15.2. The minimum Gasteiger partial charge on any atom is -0.501 e. The number of nitrogens with zero attached hydrogens (tertiary/aromatic N) is 3. The van der Waals surface area contributed by atoms with Gasteiger partial charge in [-0.05, 0) is 138 Å². The van der Waals surface area contributed by atoms with Crippen LogP contribution in [0.25, 0.3) is 66.1 Å². The minimum absolute atomic E-state index is 0. The van der Waals surface area contributed by atoms with Crippen molar-refractivity contribution in [2.75, 3.05) is 0 Å². The fourth-order valence-electron chi connectivity index (χ4n) is 9.27. The van der Waals surface area contributed by atoms with Crippen LogP contribution in [-0.2, 0) is 25.5 Å². The number of pyridine rings is 1. The third kappa shape index (κ3) is 8.20. The molecule has 1 radical (unpaired) electrons. The summed E-state index contributed by atoms with van der Waals surface area (Å²) < 4.78 is 86.4. The summed E-state index contributed by atoms with van der Waals surface area (Å²) in [5, 5.41) is 6.65. The monoisotopic (exact) mass is 978 g/mol. The van der Waals surface area contributed by atoms with E-state index in [9.17, 15) is 1.37 Å². The molecule has 2 aliphatic rings. The maximum atomic E-state index is 9.71. The van der Waals surface area contributed by atoms with E-state index in [1.165, 1.54) is 61.0 Å². The predicted molar refractivity (Wildman–Crippen MR) is 246 cm³/mol. The zero-order valence-electron chi connectivity index (χ0n) is 45.0. The van der Waals surface area contributed by atoms with Crippen LogP contribution in [0.1, 0.15) is 134 Å². The van der Waals surface area contributed by atoms with Crippen molar-refractivity contribution in [2.24, 2.45) is 10.8 Å². The second-order valence-corrected chi connectivity index (χ2v) is 18.6. The fourth-order valence-corrected chi connectivity index (χ4v) is 9.27. The molecule has 0 N–H and O–H groups in total. The smallest absolute Gasteiger partial charge is 0.121 e. The molecule has 0 aliphatic heterocycles. The molecule has 5 heteroatoms. The Balaban J connectivity index is 0.000000224. The van der Waals surface area contributed by atoms with Gasteiger partial charge in [0, 0.05) is 62.7 Å². The van der Waals surface area contributed by atoms with Gasteiger partial charge in [-0.2, -0.15) is 0 Å². The van der Waals surface area contributed by atoms with Crippen molar-refractivity contribution in [3.63, 3.8) is 0 Å². The molecule has 2 aliphatic carbocycles. The molecular weight excluding hydrogens is 911 g/mol. The van der Waals surface area contributed by atoms with Crippen LogP contribution in [0.2, 0.25) is 0 Å². The molecule has 2 saturated carbocycles. The van der Waals surface area contributed by atoms with Crippen LogP contribution in [0.15, 0.2) is 102 Å². The normalized spacial score (nSPS) is 20.1. The summed E-state index contributed by atoms with van der Waals surface area (Å²) in [5.41, 5.74) is 5.02. The molecule has 0 amide bonds. The van der Waals surface area contributed by atoms with Crippen LogP contribution < -0.4 is 0 Å². The Hall–Kier alpha value is -4.70. The number of hydrogen-bond donors (Lipinski definition) is 0. The van der Waals surface area contributed by atoms with Crippen molar-refractivity contribution in [2.45, 2.75) is 118 Å². The van der Waals surface area contributed by atoms with Crippen molar-refractivity contribution >= 4 is 43.5 Å². The molecule has 4 nitrogen and oxygen atoms in total. The van der Waals surface area contributed by atoms with Crippen LogP contribution in [0.3, 0.4) is 0 Å². The van der Waals surface area contributed by atoms with E-state index in [-0.39, 0.29) is 36.8 Å². The second-order valence-electron chi connectivity index (χ2n) is 18.6. The number of furan rings is 1. The van der Waals surface area contributed by atoms with Crippen LogP contribution in [0.4, 0.5) is 0 Å². The van der Waals surface area contributed by atoms with E-state index in [4.69, 9.17) is 16.8 Å². The molecule has 309 valence electrons. The zero-order chi connectivity index (χ0) is 49.5. The number of hydrogen-bond acceptors (Lipinski definition) is 4. The van der Waals surface area contributed by atoms with Gasteiger partial charge in [0.05, 0.1) is 11.4 Å². The summed E-state index contributed by atoms with van der Waals surface area (Å²) in [6.07, 6.45) is 10.9. The van der Waals surface area contributed by atoms with Gasteiger partial charge in [0.25, 0.3) is 0 Å². The molecule has 0 atom stereocenters. The van der Waals surface area contributed by atoms with Crippen molar-refractivity contribution in [3.05, 3.63) is 137 Å². The van der Waals surface area contributed by atoms with Gasteiger partial charge in [0.2, 0.25) is 0 Å². The molecule has 8 aromatic rings. The number of aryl methyl sites for hydroxylation is 3. The van der Waals surface area contributed by atoms with Crippen molar-refractivity contribution in [3.8, 4) is 22.6 Å². The summed E-state index contributed by atoms with van der Waals surface area (Å²) in [6.45, 7) is 3.54. The van der Waals surface area contributed by atoms with Crippen LogP contribution in [-0.4, -0.2) is 15.0 Å². The number of rotatable bonds is 3. The number of aromatic nitrogens is 3. The van der Waals surface area contributed by atoms with Gasteiger partial charge in [-0.15, -0.1) is 53.6 Å². The molecule has 0 bridgehead atoms. The quantitative estimate of drug-likeness (QED) is 0.131. The fraction of sp³-hybridized carbons (Fsp3) is 0.364. The van der Waals surface area contributed by atoms with Gasteiger partial charge in [0.1, 0.15) is 5.58 Å². The first-order valence-corrected chi connectivity index (χ1v) is 20.8. The first-order chi connectivity index (χ1) is 32.2. The Morgan fingerprint density at radius 1 is 0.750 bits per heavy atom. The molecule has 60 heavy (non-hydrogen) atoms. The van der Waals surface area contributed by atoms with Crippen LogP contribution in [0.5, 0.6) is 0 Å². The van der Waals surface area contributed by atoms with E-state index >= 15 is 0 Å². The summed E-state index contributed by atoms with van der Waals surface area (Å²) in [6, 6.07) is 33.5. The van der Waals surface area contributed by atoms with Gasteiger partial charge in [-0.1, -0.05) is 94.9 Å². The Morgan fingerprint density at radius 3 is 2.25 bits per heavy atom. The van der Waals surface area contributed by atoms with E-state index in [1.54, 1.807) is 6.07 Å². The maximum absolute atomic E-state index is 9.71. The average molecular weight is 978 g/mol. The Labute approximate surface area is 384 Å². The molecule has 5 aromatic carbocycles. The first-order valence-electron chi connectivity index (χ1n) is 25.8. The first kappa shape index (κ1) is 31.2. The van der Waals surface area contributed by atoms with E-state index in [0.29, 0.717) is 63.2 Å². The summed E-state index contributed by atoms with van der Waals surface area (Å²) in [7, 11) is 0. The topological polar surface area (TPSA) is 51.8 Å². The van der Waals surface area contributed by atoms with Crippen molar-refractivity contribution in [1.29, 1.82) is 0 Å². The molecule has 3 aromatic heterocycles. The van der Waals surface area contributed by atoms with Gasteiger partial charge in [0.15, 0.2) is 0 Å². The largest absolute Gasteiger partial charge is 0.501 e. The number of benzene rings is 5. The number of fused-ring (bicyclic) bond motifs is 6. The molecule has 10 rings (SSSR count). The van der Waals surface area contributed by atoms with Gasteiger partial charge in [-0.3, -0.25) is 9.97 Å². The summed E-state index contributed by atoms with van der Waals surface area (Å²) in [4.78, 5) is 13.3. The Morgan fingerprint density at radius 2 is 1.52 bits per heavy atom. The van der Waals surface area contributed by atoms with E-state index in [2.05, 4.69) is 89.5 Å². The standard InChI is InChI=1S/C39H38NO.C16H19N2.Ir/c1-25-24-40-35(22-32(25)27-13-15-39(16-14-27)19-17-38(2,3)18-20-39)31-10-6-9-30-34-21-28-12-11-26-7-4-5-8-29(26)33(28)23-36(34)41-37(30)31;1-11-6-8-13(9-7-11)15-17-10-12(2)14(18-15)16(3,4)5;/h4-9,11-12,21-24,27H,13-20H2,1-3H3;6-8,10H,1-5H3;/q2*-1;/i1D3,27D;1D3,2D3;. The molecule has 0 saturated heterocycles. The average Bonchev–Trinajstić information content (AvgIpc) is 3.67. The van der Waals surface area contributed by atoms with Gasteiger partial charge >= 0.3 is 0 Å². The third-order valence-corrected chi connectivity index (χ3v) is 13.0. The van der Waals surface area contributed by atoms with Crippen molar-refractivity contribution < 1.29 is 38.2 Å². The zero-order valence-corrected chi connectivity index (χ0v) is 37.4. The minimum atomic E-state index is -2.35. The summed E-state index contributed by atoms with van der Waals surface area (Å²) in [5.74, 6) is -0.648. The molecule has 0 unspecified atom stereocenters. The molecular formula is C55H57IrN3O-2. The van der Waals surface area contributed by atoms with Crippen molar-refractivity contribution in [1.82, 2.24) is 15.0 Å². The third-order valence-electron chi connectivity index (χ3n) is 13.0. The Bertz CT molecular complexity index is 3220. The van der Waals surface area contributed by atoms with E-state index in [1.807, 2.05) is 39.0 Å². The Kier molecular flexibility index (Phi) is 8.47. The van der Waals surface area contributed by atoms with E-state index in [0.717, 1.165) is 40.0 Å². The van der Waals surface area contributed by atoms with Crippen LogP contribution in [0, 0.1) is 43.5 Å². The molecule has 1 spiro atoms. The summed E-state index contributed by atoms with van der Waals surface area (Å²) >= 11 is 0. The molecule has 3 heterocycles. The van der Waals surface area contributed by atoms with Gasteiger partial charge in [-0.25, -0.2) is 0 Å². The maximum Gasteiger partial charge on any atom is 0.121 e. The van der Waals surface area contributed by atoms with Crippen LogP contribution >= 0.6 is 0 Å². The second kappa shape index (κ2) is 16.3. The molecule has 2 fully saturated rings.